The number of aliphatic hydroxyl groups excluding tert-OH is 1. The van der Waals surface area contributed by atoms with Gasteiger partial charge in [-0.2, -0.15) is 0 Å². The Morgan fingerprint density at radius 3 is 2.71 bits per heavy atom. The average molecular weight is 286 g/mol. The summed E-state index contributed by atoms with van der Waals surface area (Å²) in [5.41, 5.74) is 3.53. The molecule has 2 heteroatoms. The molecule has 114 valence electrons. The fourth-order valence-corrected chi connectivity index (χ4v) is 6.42. The Morgan fingerprint density at radius 1 is 1.33 bits per heavy atom. The lowest BCUT2D eigenvalue weighted by Gasteiger charge is -2.77. The third kappa shape index (κ3) is 1.18. The largest absolute Gasteiger partial charge is 0.389 e. The second kappa shape index (κ2) is 3.72. The smallest absolute Gasteiger partial charge is 0.102 e. The van der Waals surface area contributed by atoms with Gasteiger partial charge in [0.15, 0.2) is 0 Å². The molecule has 0 aromatic heterocycles. The molecule has 0 aromatic rings. The second-order valence-electron chi connectivity index (χ2n) is 8.15. The first-order chi connectivity index (χ1) is 9.78. The Morgan fingerprint density at radius 2 is 2.05 bits per heavy atom. The Kier molecular flexibility index (Phi) is 2.44. The maximum Gasteiger partial charge on any atom is 0.102 e. The van der Waals surface area contributed by atoms with Crippen LogP contribution in [0.5, 0.6) is 0 Å². The Bertz CT molecular complexity index is 609. The maximum absolute atomic E-state index is 11.8. The third-order valence-electron chi connectivity index (χ3n) is 7.34. The van der Waals surface area contributed by atoms with Crippen molar-refractivity contribution in [2.75, 3.05) is 0 Å². The van der Waals surface area contributed by atoms with E-state index in [0.717, 1.165) is 43.3 Å². The van der Waals surface area contributed by atoms with Gasteiger partial charge in [-0.3, -0.25) is 0 Å². The standard InChI is InChI=1S/C19H26O2/c1-11-10-18-12(2)8-9-15(17(18,3)4)19(18,21)16-13(11)6-5-7-14(16)20/h8,14-15,20-21H,1,5-7,9-10H2,2-4H3/t14-,15-,18+,19+/m1/s1. The van der Waals surface area contributed by atoms with Gasteiger partial charge in [-0.05, 0) is 55.6 Å². The van der Waals surface area contributed by atoms with Gasteiger partial charge in [0.25, 0.3) is 0 Å². The molecule has 0 heterocycles. The van der Waals surface area contributed by atoms with Crippen LogP contribution in [0, 0.1) is 16.7 Å². The molecule has 2 bridgehead atoms. The van der Waals surface area contributed by atoms with Crippen LogP contribution in [0.25, 0.3) is 0 Å². The van der Waals surface area contributed by atoms with E-state index < -0.39 is 11.7 Å². The highest BCUT2D eigenvalue weighted by Crippen LogP contribution is 2.79. The van der Waals surface area contributed by atoms with Crippen molar-refractivity contribution in [3.63, 3.8) is 0 Å². The van der Waals surface area contributed by atoms with Crippen molar-refractivity contribution in [2.24, 2.45) is 16.7 Å². The summed E-state index contributed by atoms with van der Waals surface area (Å²) >= 11 is 0. The van der Waals surface area contributed by atoms with E-state index in [1.807, 2.05) is 0 Å². The number of hydrogen-bond acceptors (Lipinski definition) is 2. The minimum absolute atomic E-state index is 0.0687. The summed E-state index contributed by atoms with van der Waals surface area (Å²) in [6.07, 6.45) is 6.34. The molecule has 0 aromatic carbocycles. The summed E-state index contributed by atoms with van der Waals surface area (Å²) in [6.45, 7) is 11.1. The molecule has 0 aliphatic heterocycles. The van der Waals surface area contributed by atoms with E-state index in [-0.39, 0.29) is 16.7 Å². The summed E-state index contributed by atoms with van der Waals surface area (Å²) in [5.74, 6) is 0.222. The van der Waals surface area contributed by atoms with E-state index >= 15 is 0 Å². The van der Waals surface area contributed by atoms with E-state index in [0.29, 0.717) is 0 Å². The van der Waals surface area contributed by atoms with Crippen molar-refractivity contribution >= 4 is 0 Å². The number of hydrogen-bond donors (Lipinski definition) is 2. The van der Waals surface area contributed by atoms with Gasteiger partial charge < -0.3 is 10.2 Å². The van der Waals surface area contributed by atoms with Crippen molar-refractivity contribution in [3.05, 3.63) is 34.9 Å². The van der Waals surface area contributed by atoms with Crippen LogP contribution in [0.2, 0.25) is 0 Å². The highest BCUT2D eigenvalue weighted by Gasteiger charge is 2.79. The minimum atomic E-state index is -0.842. The maximum atomic E-state index is 11.8. The van der Waals surface area contributed by atoms with Crippen LogP contribution in [0.3, 0.4) is 0 Å². The Hall–Kier alpha value is -0.860. The van der Waals surface area contributed by atoms with Crippen molar-refractivity contribution < 1.29 is 10.2 Å². The SMILES string of the molecule is C=C1C[C@]23C(C)=CC[C@H](C2(C)C)[C@]3(O)C2=C1CCC[C@H]2O. The van der Waals surface area contributed by atoms with E-state index in [4.69, 9.17) is 0 Å². The molecule has 0 unspecified atom stereocenters. The van der Waals surface area contributed by atoms with Gasteiger partial charge in [-0.15, -0.1) is 0 Å². The van der Waals surface area contributed by atoms with Gasteiger partial charge in [0.05, 0.1) is 6.10 Å². The first-order valence-electron chi connectivity index (χ1n) is 8.28. The van der Waals surface area contributed by atoms with Gasteiger partial charge >= 0.3 is 0 Å². The lowest BCUT2D eigenvalue weighted by atomic mass is 9.28. The monoisotopic (exact) mass is 286 g/mol. The lowest BCUT2D eigenvalue weighted by Crippen LogP contribution is -2.79. The molecule has 4 atom stereocenters. The highest BCUT2D eigenvalue weighted by atomic mass is 16.3. The summed E-state index contributed by atoms with van der Waals surface area (Å²) in [5, 5.41) is 22.4. The molecule has 4 aliphatic carbocycles. The number of rotatable bonds is 0. The van der Waals surface area contributed by atoms with Crippen molar-refractivity contribution in [1.29, 1.82) is 0 Å². The van der Waals surface area contributed by atoms with Crippen molar-refractivity contribution in [3.8, 4) is 0 Å². The molecule has 2 nitrogen and oxygen atoms in total. The quantitative estimate of drug-likeness (QED) is 0.669. The molecule has 0 amide bonds. The third-order valence-corrected chi connectivity index (χ3v) is 7.34. The molecule has 0 radical (unpaired) electrons. The summed E-state index contributed by atoms with van der Waals surface area (Å²) in [7, 11) is 0. The molecule has 21 heavy (non-hydrogen) atoms. The fourth-order valence-electron chi connectivity index (χ4n) is 6.42. The Labute approximate surface area is 127 Å². The summed E-state index contributed by atoms with van der Waals surface area (Å²) in [4.78, 5) is 0. The Balaban J connectivity index is 2.01. The second-order valence-corrected chi connectivity index (χ2v) is 8.15. The van der Waals surface area contributed by atoms with Gasteiger partial charge in [-0.1, -0.05) is 37.6 Å². The topological polar surface area (TPSA) is 40.5 Å². The number of fused-ring (bicyclic) bond motifs is 3. The molecular formula is C19H26O2. The molecule has 4 aliphatic rings. The van der Waals surface area contributed by atoms with Gasteiger partial charge in [-0.25, -0.2) is 0 Å². The van der Waals surface area contributed by atoms with Crippen molar-refractivity contribution in [1.82, 2.24) is 0 Å². The van der Waals surface area contributed by atoms with Crippen LogP contribution in [0.1, 0.15) is 52.9 Å². The van der Waals surface area contributed by atoms with Crippen LogP contribution in [0.4, 0.5) is 0 Å². The summed E-state index contributed by atoms with van der Waals surface area (Å²) < 4.78 is 0. The molecule has 2 N–H and O–H groups in total. The van der Waals surface area contributed by atoms with Crippen LogP contribution in [0.15, 0.2) is 34.9 Å². The van der Waals surface area contributed by atoms with E-state index in [2.05, 4.69) is 33.4 Å². The normalized spacial score (nSPS) is 47.3. The predicted molar refractivity (Wildman–Crippen MR) is 83.7 cm³/mol. The molecule has 1 spiro atoms. The number of aliphatic hydroxyl groups is 2. The zero-order valence-electron chi connectivity index (χ0n) is 13.4. The first-order valence-corrected chi connectivity index (χ1v) is 8.28. The number of allylic oxidation sites excluding steroid dienone is 3. The lowest BCUT2D eigenvalue weighted by molar-refractivity contribution is -0.283. The van der Waals surface area contributed by atoms with Crippen LogP contribution in [-0.2, 0) is 0 Å². The first kappa shape index (κ1) is 13.8. The average Bonchev–Trinajstić information content (AvgIpc) is 2.40. The molecule has 4 rings (SSSR count). The minimum Gasteiger partial charge on any atom is -0.389 e. The highest BCUT2D eigenvalue weighted by molar-refractivity contribution is 5.58. The van der Waals surface area contributed by atoms with E-state index in [1.54, 1.807) is 0 Å². The molecule has 1 fully saturated rings. The van der Waals surface area contributed by atoms with Crippen LogP contribution in [-0.4, -0.2) is 21.9 Å². The molecular weight excluding hydrogens is 260 g/mol. The van der Waals surface area contributed by atoms with E-state index in [1.165, 1.54) is 11.1 Å². The van der Waals surface area contributed by atoms with Gasteiger partial charge in [0, 0.05) is 11.3 Å². The molecule has 1 saturated carbocycles. The van der Waals surface area contributed by atoms with Gasteiger partial charge in [0.2, 0.25) is 0 Å². The summed E-state index contributed by atoms with van der Waals surface area (Å²) in [6, 6.07) is 0. The molecule has 0 saturated heterocycles. The van der Waals surface area contributed by atoms with Crippen LogP contribution >= 0.6 is 0 Å². The van der Waals surface area contributed by atoms with Gasteiger partial charge in [0.1, 0.15) is 5.60 Å². The predicted octanol–water partition coefficient (Wildman–Crippen LogP) is 3.51. The van der Waals surface area contributed by atoms with Crippen molar-refractivity contribution in [2.45, 2.75) is 64.6 Å². The zero-order valence-corrected chi connectivity index (χ0v) is 13.4. The van der Waals surface area contributed by atoms with Crippen LogP contribution < -0.4 is 0 Å². The zero-order chi connectivity index (χ0) is 15.2. The van der Waals surface area contributed by atoms with E-state index in [9.17, 15) is 10.2 Å². The fraction of sp³-hybridized carbons (Fsp3) is 0.684.